The van der Waals surface area contributed by atoms with Crippen molar-refractivity contribution in [1.82, 2.24) is 4.57 Å². The average Bonchev–Trinajstić information content (AvgIpc) is 3.70. The third kappa shape index (κ3) is 3.32. The molecule has 0 radical (unpaired) electrons. The molecule has 0 spiro atoms. The lowest BCUT2D eigenvalue weighted by atomic mass is 9.81. The highest BCUT2D eigenvalue weighted by Crippen LogP contribution is 2.50. The van der Waals surface area contributed by atoms with Gasteiger partial charge < -0.3 is 4.57 Å². The van der Waals surface area contributed by atoms with Crippen molar-refractivity contribution in [3.05, 3.63) is 151 Å². The van der Waals surface area contributed by atoms with Gasteiger partial charge in [-0.05, 0) is 73.8 Å². The predicted molar refractivity (Wildman–Crippen MR) is 194 cm³/mol. The fourth-order valence-electron chi connectivity index (χ4n) is 8.06. The number of benzene rings is 7. The molecule has 0 aliphatic heterocycles. The second-order valence-corrected chi connectivity index (χ2v) is 14.0. The number of aromatic nitrogens is 1. The van der Waals surface area contributed by atoms with E-state index >= 15 is 0 Å². The van der Waals surface area contributed by atoms with E-state index in [1.165, 1.54) is 91.8 Å². The standard InChI is InChI=1S/C43H29NS/c1-43(2)36-17-9-7-13-31(36)32-24-21-27(25-37(32)43)26-19-22-28(23-20-26)44-40-34-15-6-4-12-30(34)29-11-3-5-14-33(29)39(40)42-41(44)35-16-8-10-18-38(35)45-42/h3-25H,1-2H3. The minimum Gasteiger partial charge on any atom is -0.307 e. The summed E-state index contributed by atoms with van der Waals surface area (Å²) in [5.41, 5.74) is 11.8. The van der Waals surface area contributed by atoms with Crippen molar-refractivity contribution >= 4 is 64.1 Å². The maximum atomic E-state index is 2.53. The monoisotopic (exact) mass is 591 g/mol. The summed E-state index contributed by atoms with van der Waals surface area (Å²) in [5.74, 6) is 0. The minimum atomic E-state index is -0.0125. The summed E-state index contributed by atoms with van der Waals surface area (Å²) in [6.07, 6.45) is 0. The van der Waals surface area contributed by atoms with Gasteiger partial charge in [-0.15, -0.1) is 11.3 Å². The van der Waals surface area contributed by atoms with Crippen LogP contribution in [0.5, 0.6) is 0 Å². The molecule has 1 nitrogen and oxygen atoms in total. The van der Waals surface area contributed by atoms with Crippen molar-refractivity contribution in [1.29, 1.82) is 0 Å². The Balaban J connectivity index is 1.22. The van der Waals surface area contributed by atoms with E-state index in [2.05, 4.69) is 158 Å². The van der Waals surface area contributed by atoms with Gasteiger partial charge in [0.2, 0.25) is 0 Å². The summed E-state index contributed by atoms with van der Waals surface area (Å²) in [4.78, 5) is 0. The molecule has 2 aromatic heterocycles. The summed E-state index contributed by atoms with van der Waals surface area (Å²) in [7, 11) is 0. The third-order valence-electron chi connectivity index (χ3n) is 10.2. The van der Waals surface area contributed by atoms with E-state index in [4.69, 9.17) is 0 Å². The molecule has 212 valence electrons. The van der Waals surface area contributed by atoms with Gasteiger partial charge in [-0.2, -0.15) is 0 Å². The van der Waals surface area contributed by atoms with Crippen LogP contribution in [0.4, 0.5) is 0 Å². The molecule has 10 rings (SSSR count). The van der Waals surface area contributed by atoms with Crippen LogP contribution in [-0.4, -0.2) is 4.57 Å². The van der Waals surface area contributed by atoms with Crippen molar-refractivity contribution < 1.29 is 0 Å². The Kier molecular flexibility index (Phi) is 5.00. The van der Waals surface area contributed by atoms with Gasteiger partial charge in [0.25, 0.3) is 0 Å². The summed E-state index contributed by atoms with van der Waals surface area (Å²) in [6.45, 7) is 4.71. The number of thiophene rings is 1. The van der Waals surface area contributed by atoms with E-state index in [1.54, 1.807) is 0 Å². The van der Waals surface area contributed by atoms with E-state index in [0.29, 0.717) is 0 Å². The Morgan fingerprint density at radius 1 is 0.489 bits per heavy atom. The molecule has 7 aromatic carbocycles. The molecule has 0 saturated heterocycles. The lowest BCUT2D eigenvalue weighted by Crippen LogP contribution is -2.14. The Bertz CT molecular complexity index is 2670. The quantitative estimate of drug-likeness (QED) is 0.176. The number of hydrogen-bond donors (Lipinski definition) is 0. The van der Waals surface area contributed by atoms with Crippen molar-refractivity contribution in [3.8, 4) is 27.9 Å². The lowest BCUT2D eigenvalue weighted by Gasteiger charge is -2.22. The van der Waals surface area contributed by atoms with Crippen molar-refractivity contribution in [2.45, 2.75) is 19.3 Å². The average molecular weight is 592 g/mol. The van der Waals surface area contributed by atoms with Gasteiger partial charge in [0.05, 0.1) is 15.7 Å². The second kappa shape index (κ2) is 8.94. The van der Waals surface area contributed by atoms with Crippen molar-refractivity contribution in [2.75, 3.05) is 0 Å². The molecule has 0 bridgehead atoms. The molecular formula is C43H29NS. The van der Waals surface area contributed by atoms with Crippen LogP contribution in [0.1, 0.15) is 25.0 Å². The van der Waals surface area contributed by atoms with Crippen LogP contribution < -0.4 is 0 Å². The summed E-state index contributed by atoms with van der Waals surface area (Å²) >= 11 is 1.92. The van der Waals surface area contributed by atoms with Crippen LogP contribution in [0.3, 0.4) is 0 Å². The number of fused-ring (bicyclic) bond motifs is 13. The lowest BCUT2D eigenvalue weighted by molar-refractivity contribution is 0.660. The number of hydrogen-bond acceptors (Lipinski definition) is 1. The second-order valence-electron chi connectivity index (χ2n) is 12.9. The molecular weight excluding hydrogens is 563 g/mol. The van der Waals surface area contributed by atoms with Crippen LogP contribution in [0.2, 0.25) is 0 Å². The van der Waals surface area contributed by atoms with Crippen LogP contribution >= 0.6 is 11.3 Å². The summed E-state index contributed by atoms with van der Waals surface area (Å²) in [5, 5.41) is 7.89. The first-order valence-electron chi connectivity index (χ1n) is 15.7. The molecule has 0 saturated carbocycles. The van der Waals surface area contributed by atoms with Gasteiger partial charge in [-0.1, -0.05) is 129 Å². The van der Waals surface area contributed by atoms with Gasteiger partial charge in [0.1, 0.15) is 0 Å². The van der Waals surface area contributed by atoms with Gasteiger partial charge in [-0.25, -0.2) is 0 Å². The molecule has 0 fully saturated rings. The van der Waals surface area contributed by atoms with Gasteiger partial charge in [0.15, 0.2) is 0 Å². The van der Waals surface area contributed by atoms with E-state index < -0.39 is 0 Å². The van der Waals surface area contributed by atoms with Gasteiger partial charge in [-0.3, -0.25) is 0 Å². The molecule has 1 aliphatic rings. The smallest absolute Gasteiger partial charge is 0.0728 e. The highest BCUT2D eigenvalue weighted by Gasteiger charge is 2.35. The molecule has 45 heavy (non-hydrogen) atoms. The zero-order valence-electron chi connectivity index (χ0n) is 25.1. The van der Waals surface area contributed by atoms with E-state index in [0.717, 1.165) is 0 Å². The number of rotatable bonds is 2. The van der Waals surface area contributed by atoms with Crippen molar-refractivity contribution in [3.63, 3.8) is 0 Å². The van der Waals surface area contributed by atoms with Crippen LogP contribution in [-0.2, 0) is 5.41 Å². The normalized spacial score (nSPS) is 13.7. The molecule has 0 unspecified atom stereocenters. The molecule has 0 N–H and O–H groups in total. The highest BCUT2D eigenvalue weighted by molar-refractivity contribution is 7.26. The molecule has 2 heteroatoms. The first-order chi connectivity index (χ1) is 22.1. The van der Waals surface area contributed by atoms with E-state index in [1.807, 2.05) is 11.3 Å². The first kappa shape index (κ1) is 25.2. The van der Waals surface area contributed by atoms with Crippen LogP contribution in [0.25, 0.3) is 80.7 Å². The molecule has 0 atom stereocenters. The predicted octanol–water partition coefficient (Wildman–Crippen LogP) is 12.3. The van der Waals surface area contributed by atoms with Gasteiger partial charge >= 0.3 is 0 Å². The molecule has 9 aromatic rings. The maximum absolute atomic E-state index is 2.53. The van der Waals surface area contributed by atoms with E-state index in [9.17, 15) is 0 Å². The van der Waals surface area contributed by atoms with Crippen LogP contribution in [0.15, 0.2) is 140 Å². The summed E-state index contributed by atoms with van der Waals surface area (Å²) in [6, 6.07) is 51.9. The Labute approximate surface area is 265 Å². The zero-order valence-corrected chi connectivity index (χ0v) is 26.0. The summed E-state index contributed by atoms with van der Waals surface area (Å²) < 4.78 is 5.22. The topological polar surface area (TPSA) is 4.93 Å². The Morgan fingerprint density at radius 2 is 1.09 bits per heavy atom. The Hall–Kier alpha value is -5.18. The molecule has 1 aliphatic carbocycles. The zero-order chi connectivity index (χ0) is 29.9. The SMILES string of the molecule is CC1(C)c2ccccc2-c2ccc(-c3ccc(-n4c5c6ccccc6sc5c5c6ccccc6c6ccccc6c54)cc3)cc21. The van der Waals surface area contributed by atoms with Gasteiger partial charge in [0, 0.05) is 32.0 Å². The third-order valence-corrected chi connectivity index (χ3v) is 11.4. The maximum Gasteiger partial charge on any atom is 0.0728 e. The van der Waals surface area contributed by atoms with Crippen LogP contribution in [0, 0.1) is 0 Å². The number of nitrogens with zero attached hydrogens (tertiary/aromatic N) is 1. The molecule has 2 heterocycles. The highest BCUT2D eigenvalue weighted by atomic mass is 32.1. The Morgan fingerprint density at radius 3 is 1.89 bits per heavy atom. The fourth-order valence-corrected chi connectivity index (χ4v) is 9.31. The van der Waals surface area contributed by atoms with Crippen molar-refractivity contribution in [2.24, 2.45) is 0 Å². The largest absolute Gasteiger partial charge is 0.307 e. The fraction of sp³-hybridized carbons (Fsp3) is 0.0698. The minimum absolute atomic E-state index is 0.0125. The first-order valence-corrected chi connectivity index (χ1v) is 16.5. The molecule has 0 amide bonds. The van der Waals surface area contributed by atoms with E-state index in [-0.39, 0.29) is 5.41 Å².